The van der Waals surface area contributed by atoms with Crippen LogP contribution in [-0.4, -0.2) is 70.5 Å². The summed E-state index contributed by atoms with van der Waals surface area (Å²) in [6.07, 6.45) is 1.21. The molecule has 4 aromatic heterocycles. The topological polar surface area (TPSA) is 110 Å². The Balaban J connectivity index is 1.61. The van der Waals surface area contributed by atoms with E-state index >= 15 is 0 Å². The van der Waals surface area contributed by atoms with Crippen LogP contribution in [0.3, 0.4) is 0 Å². The first-order valence-corrected chi connectivity index (χ1v) is 12.2. The second-order valence-electron chi connectivity index (χ2n) is 9.91. The minimum absolute atomic E-state index is 0.100. The number of ether oxygens (including phenoxy) is 1. The maximum Gasteiger partial charge on any atom is 0.221 e. The molecule has 0 spiro atoms. The maximum atomic E-state index is 10.1. The summed E-state index contributed by atoms with van der Waals surface area (Å²) < 4.78 is 10.2. The number of aliphatic hydroxyl groups excluding tert-OH is 1. The lowest BCUT2D eigenvalue weighted by molar-refractivity contribution is 0.143. The van der Waals surface area contributed by atoms with Gasteiger partial charge in [0.15, 0.2) is 0 Å². The summed E-state index contributed by atoms with van der Waals surface area (Å²) in [4.78, 5) is 6.95. The summed E-state index contributed by atoms with van der Waals surface area (Å²) in [5.74, 6) is 0.697. The lowest BCUT2D eigenvalue weighted by atomic mass is 10.0. The van der Waals surface area contributed by atoms with Crippen molar-refractivity contribution in [3.8, 4) is 28.4 Å². The van der Waals surface area contributed by atoms with Gasteiger partial charge in [0, 0.05) is 36.5 Å². The van der Waals surface area contributed by atoms with Crippen LogP contribution in [0.15, 0.2) is 30.5 Å². The predicted molar refractivity (Wildman–Crippen MR) is 138 cm³/mol. The first kappa shape index (κ1) is 22.7. The highest BCUT2D eigenvalue weighted by molar-refractivity contribution is 5.97. The zero-order valence-corrected chi connectivity index (χ0v) is 21.1. The fraction of sp³-hybridized carbons (Fsp3) is 0.385. The van der Waals surface area contributed by atoms with Crippen LogP contribution in [-0.2, 0) is 20.1 Å². The van der Waals surface area contributed by atoms with Crippen molar-refractivity contribution in [1.82, 2.24) is 39.6 Å². The highest BCUT2D eigenvalue weighted by Gasteiger charge is 2.24. The third-order valence-corrected chi connectivity index (χ3v) is 6.73. The Bertz CT molecular complexity index is 1590. The fourth-order valence-electron chi connectivity index (χ4n) is 5.23. The molecule has 186 valence electrons. The molecule has 1 aromatic carbocycles. The molecule has 10 heteroatoms. The molecule has 4 bridgehead atoms. The number of fused-ring (bicyclic) bond motifs is 5. The number of benzene rings is 1. The van der Waals surface area contributed by atoms with Crippen molar-refractivity contribution in [3.05, 3.63) is 41.9 Å². The summed E-state index contributed by atoms with van der Waals surface area (Å²) >= 11 is 0. The summed E-state index contributed by atoms with van der Waals surface area (Å²) in [7, 11) is 3.97. The molecule has 0 aliphatic carbocycles. The number of rotatable bonds is 2. The second kappa shape index (κ2) is 8.42. The minimum Gasteiger partial charge on any atom is -0.473 e. The Morgan fingerprint density at radius 1 is 1.19 bits per heavy atom. The predicted octanol–water partition coefficient (Wildman–Crippen LogP) is 3.28. The molecule has 0 fully saturated rings. The molecule has 2 N–H and O–H groups in total. The van der Waals surface area contributed by atoms with E-state index in [-0.39, 0.29) is 6.10 Å². The highest BCUT2D eigenvalue weighted by atomic mass is 16.5. The Labute approximate surface area is 208 Å². The Morgan fingerprint density at radius 2 is 2.03 bits per heavy atom. The van der Waals surface area contributed by atoms with Crippen LogP contribution < -0.4 is 4.74 Å². The van der Waals surface area contributed by atoms with E-state index in [1.165, 1.54) is 0 Å². The summed E-state index contributed by atoms with van der Waals surface area (Å²) in [6.45, 7) is 7.60. The van der Waals surface area contributed by atoms with Gasteiger partial charge in [-0.1, -0.05) is 6.07 Å². The van der Waals surface area contributed by atoms with Crippen molar-refractivity contribution in [2.24, 2.45) is 7.05 Å². The van der Waals surface area contributed by atoms with E-state index in [0.29, 0.717) is 25.5 Å². The summed E-state index contributed by atoms with van der Waals surface area (Å²) in [5, 5.41) is 29.4. The van der Waals surface area contributed by atoms with Crippen LogP contribution in [0.25, 0.3) is 44.3 Å². The number of aliphatic hydroxyl groups is 1. The van der Waals surface area contributed by atoms with E-state index < -0.39 is 6.10 Å². The number of aromatic nitrogens is 7. The van der Waals surface area contributed by atoms with E-state index in [2.05, 4.69) is 52.4 Å². The molecular weight excluding hydrogens is 456 g/mol. The molecule has 0 amide bonds. The van der Waals surface area contributed by atoms with Crippen LogP contribution in [0.4, 0.5) is 0 Å². The van der Waals surface area contributed by atoms with E-state index in [0.717, 1.165) is 55.7 Å². The van der Waals surface area contributed by atoms with Crippen molar-refractivity contribution in [3.63, 3.8) is 0 Å². The molecule has 36 heavy (non-hydrogen) atoms. The fourth-order valence-corrected chi connectivity index (χ4v) is 5.23. The molecule has 1 aliphatic rings. The van der Waals surface area contributed by atoms with Crippen molar-refractivity contribution >= 4 is 21.8 Å². The Hall–Kier alpha value is -3.76. The Kier molecular flexibility index (Phi) is 5.31. The molecule has 0 saturated carbocycles. The summed E-state index contributed by atoms with van der Waals surface area (Å²) in [6, 6.07) is 8.29. The van der Waals surface area contributed by atoms with Crippen LogP contribution in [0, 0.1) is 6.92 Å². The lowest BCUT2D eigenvalue weighted by Crippen LogP contribution is -2.32. The van der Waals surface area contributed by atoms with Crippen LogP contribution in [0.1, 0.15) is 25.2 Å². The molecule has 0 unspecified atom stereocenters. The van der Waals surface area contributed by atoms with Gasteiger partial charge in [0.2, 0.25) is 5.88 Å². The smallest absolute Gasteiger partial charge is 0.221 e. The molecule has 0 radical (unpaired) electrons. The Morgan fingerprint density at radius 3 is 2.83 bits per heavy atom. The standard InChI is InChI=1S/C26H30N8O2/c1-14(35)11-34-23-13-32(4)12-15(2)36-26-24(16(3)30-33(26)5)21-9-19-22(10-27-21)28-29-25(19)17-6-7-20(31-34)18(23)8-17/h6-10,14-15,35H,11-13H2,1-5H3,(H,28,29)/t14-,15-/m0/s1. The minimum atomic E-state index is -0.507. The van der Waals surface area contributed by atoms with Crippen molar-refractivity contribution in [1.29, 1.82) is 0 Å². The molecule has 2 atom stereocenters. The lowest BCUT2D eigenvalue weighted by Gasteiger charge is -2.23. The number of hydrogen-bond donors (Lipinski definition) is 2. The van der Waals surface area contributed by atoms with Crippen molar-refractivity contribution in [2.75, 3.05) is 13.6 Å². The molecule has 0 saturated heterocycles. The van der Waals surface area contributed by atoms with Gasteiger partial charge in [-0.2, -0.15) is 15.3 Å². The van der Waals surface area contributed by atoms with Gasteiger partial charge in [-0.25, -0.2) is 4.68 Å². The molecule has 1 aliphatic heterocycles. The maximum absolute atomic E-state index is 10.1. The number of likely N-dealkylation sites (N-methyl/N-ethyl adjacent to an activating group) is 1. The molecule has 5 aromatic rings. The monoisotopic (exact) mass is 486 g/mol. The molecule has 6 rings (SSSR count). The second-order valence-corrected chi connectivity index (χ2v) is 9.91. The van der Waals surface area contributed by atoms with Crippen molar-refractivity contribution < 1.29 is 9.84 Å². The molecule has 5 heterocycles. The van der Waals surface area contributed by atoms with Crippen molar-refractivity contribution in [2.45, 2.75) is 46.1 Å². The highest BCUT2D eigenvalue weighted by Crippen LogP contribution is 2.36. The number of aryl methyl sites for hydroxylation is 2. The van der Waals surface area contributed by atoms with Gasteiger partial charge < -0.3 is 9.84 Å². The first-order valence-electron chi connectivity index (χ1n) is 12.2. The van der Waals surface area contributed by atoms with E-state index in [9.17, 15) is 5.11 Å². The van der Waals surface area contributed by atoms with Gasteiger partial charge in [0.25, 0.3) is 0 Å². The summed E-state index contributed by atoms with van der Waals surface area (Å²) in [5.41, 5.74) is 7.21. The number of hydrogen-bond acceptors (Lipinski definition) is 7. The van der Waals surface area contributed by atoms with Crippen LogP contribution in [0.5, 0.6) is 5.88 Å². The molecular formula is C26H30N8O2. The van der Waals surface area contributed by atoms with Gasteiger partial charge in [-0.05, 0) is 46.0 Å². The van der Waals surface area contributed by atoms with Crippen LogP contribution in [0.2, 0.25) is 0 Å². The third-order valence-electron chi connectivity index (χ3n) is 6.73. The molecule has 10 nitrogen and oxygen atoms in total. The number of nitrogens with zero attached hydrogens (tertiary/aromatic N) is 7. The number of nitrogens with one attached hydrogen (secondary N) is 1. The average Bonchev–Trinajstić information content (AvgIpc) is 3.46. The SMILES string of the molecule is Cc1nn(C)c2c1-c1cc3c(n[nH]c3cn1)-c1ccc3nn(C[C@H](C)O)c(c3c1)CN(C)C[C@H](C)O2. The van der Waals surface area contributed by atoms with E-state index in [4.69, 9.17) is 14.8 Å². The van der Waals surface area contributed by atoms with Gasteiger partial charge >= 0.3 is 0 Å². The van der Waals surface area contributed by atoms with Gasteiger partial charge in [0.1, 0.15) is 11.8 Å². The number of H-pyrrole nitrogens is 1. The zero-order valence-electron chi connectivity index (χ0n) is 21.1. The van der Waals surface area contributed by atoms with Crippen LogP contribution >= 0.6 is 0 Å². The van der Waals surface area contributed by atoms with Gasteiger partial charge in [0.05, 0.1) is 52.5 Å². The van der Waals surface area contributed by atoms with Gasteiger partial charge in [-0.3, -0.25) is 19.7 Å². The quantitative estimate of drug-likeness (QED) is 0.394. The zero-order chi connectivity index (χ0) is 25.1. The average molecular weight is 487 g/mol. The van der Waals surface area contributed by atoms with E-state index in [1.807, 2.05) is 30.9 Å². The number of pyridine rings is 1. The van der Waals surface area contributed by atoms with Gasteiger partial charge in [-0.15, -0.1) is 0 Å². The number of aromatic amines is 1. The largest absolute Gasteiger partial charge is 0.473 e. The van der Waals surface area contributed by atoms with E-state index in [1.54, 1.807) is 11.6 Å². The first-order chi connectivity index (χ1) is 17.3. The third kappa shape index (κ3) is 3.73. The normalized spacial score (nSPS) is 17.3.